The smallest absolute Gasteiger partial charge is 0.133 e. The molecule has 0 bridgehead atoms. The lowest BCUT2D eigenvalue weighted by atomic mass is 10.2. The maximum atomic E-state index is 5.72. The maximum Gasteiger partial charge on any atom is 0.133 e. The molecular formula is C10H12BrClO2. The first kappa shape index (κ1) is 11.8. The highest BCUT2D eigenvalue weighted by molar-refractivity contribution is 9.10. The van der Waals surface area contributed by atoms with Crippen LogP contribution in [0.3, 0.4) is 0 Å². The quantitative estimate of drug-likeness (QED) is 0.609. The van der Waals surface area contributed by atoms with E-state index in [4.69, 9.17) is 21.1 Å². The third-order valence-corrected chi connectivity index (χ3v) is 2.66. The molecule has 0 N–H and O–H groups in total. The van der Waals surface area contributed by atoms with Crippen LogP contribution in [0.1, 0.15) is 5.56 Å². The van der Waals surface area contributed by atoms with Gasteiger partial charge in [-0.15, -0.1) is 11.6 Å². The zero-order valence-electron chi connectivity index (χ0n) is 7.93. The number of rotatable bonds is 5. The zero-order chi connectivity index (χ0) is 10.4. The standard InChI is InChI=1S/C10H12BrClO2/c1-13-4-5-14-10-6-8(7-12)2-3-9(10)11/h2-3,6H,4-5,7H2,1H3. The Morgan fingerprint density at radius 1 is 1.36 bits per heavy atom. The van der Waals surface area contributed by atoms with Gasteiger partial charge in [-0.2, -0.15) is 0 Å². The second kappa shape index (κ2) is 6.27. The van der Waals surface area contributed by atoms with Gasteiger partial charge >= 0.3 is 0 Å². The van der Waals surface area contributed by atoms with Gasteiger partial charge in [-0.25, -0.2) is 0 Å². The third kappa shape index (κ3) is 3.48. The maximum absolute atomic E-state index is 5.72. The molecule has 1 aromatic carbocycles. The van der Waals surface area contributed by atoms with Crippen LogP contribution in [0.25, 0.3) is 0 Å². The predicted molar refractivity (Wildman–Crippen MR) is 61.1 cm³/mol. The van der Waals surface area contributed by atoms with Crippen molar-refractivity contribution in [3.63, 3.8) is 0 Å². The van der Waals surface area contributed by atoms with Crippen LogP contribution in [0, 0.1) is 0 Å². The van der Waals surface area contributed by atoms with Gasteiger partial charge in [-0.05, 0) is 33.6 Å². The summed E-state index contributed by atoms with van der Waals surface area (Å²) < 4.78 is 11.3. The van der Waals surface area contributed by atoms with Gasteiger partial charge in [0, 0.05) is 13.0 Å². The molecule has 0 saturated heterocycles. The molecule has 0 aliphatic rings. The summed E-state index contributed by atoms with van der Waals surface area (Å²) in [5.74, 6) is 1.30. The molecule has 1 rings (SSSR count). The highest BCUT2D eigenvalue weighted by atomic mass is 79.9. The Balaban J connectivity index is 2.64. The molecule has 0 fully saturated rings. The molecule has 0 aliphatic carbocycles. The molecule has 0 atom stereocenters. The fraction of sp³-hybridized carbons (Fsp3) is 0.400. The summed E-state index contributed by atoms with van der Waals surface area (Å²) in [4.78, 5) is 0. The molecule has 1 aromatic rings. The molecule has 78 valence electrons. The lowest BCUT2D eigenvalue weighted by molar-refractivity contribution is 0.146. The van der Waals surface area contributed by atoms with Crippen molar-refractivity contribution in [3.05, 3.63) is 28.2 Å². The SMILES string of the molecule is COCCOc1cc(CCl)ccc1Br. The van der Waals surface area contributed by atoms with Crippen molar-refractivity contribution < 1.29 is 9.47 Å². The van der Waals surface area contributed by atoms with E-state index in [-0.39, 0.29) is 0 Å². The molecule has 0 aromatic heterocycles. The van der Waals surface area contributed by atoms with Gasteiger partial charge in [0.15, 0.2) is 0 Å². The zero-order valence-corrected chi connectivity index (χ0v) is 10.3. The molecule has 0 aliphatic heterocycles. The van der Waals surface area contributed by atoms with Gasteiger partial charge in [0.2, 0.25) is 0 Å². The van der Waals surface area contributed by atoms with Crippen molar-refractivity contribution in [1.82, 2.24) is 0 Å². The summed E-state index contributed by atoms with van der Waals surface area (Å²) in [6, 6.07) is 5.81. The van der Waals surface area contributed by atoms with Crippen LogP contribution in [0.15, 0.2) is 22.7 Å². The molecule has 0 spiro atoms. The van der Waals surface area contributed by atoms with Gasteiger partial charge in [-0.1, -0.05) is 6.07 Å². The van der Waals surface area contributed by atoms with Crippen LogP contribution >= 0.6 is 27.5 Å². The Hall–Kier alpha value is -0.250. The van der Waals surface area contributed by atoms with Crippen LogP contribution in [0.2, 0.25) is 0 Å². The van der Waals surface area contributed by atoms with E-state index in [0.29, 0.717) is 19.1 Å². The van der Waals surface area contributed by atoms with Crippen molar-refractivity contribution in [2.75, 3.05) is 20.3 Å². The lowest BCUT2D eigenvalue weighted by Crippen LogP contribution is -2.04. The summed E-state index contributed by atoms with van der Waals surface area (Å²) in [6.45, 7) is 1.12. The Kier molecular flexibility index (Phi) is 5.30. The first-order valence-electron chi connectivity index (χ1n) is 4.24. The van der Waals surface area contributed by atoms with Crippen LogP contribution in [0.5, 0.6) is 5.75 Å². The van der Waals surface area contributed by atoms with E-state index >= 15 is 0 Å². The minimum atomic E-state index is 0.494. The first-order valence-corrected chi connectivity index (χ1v) is 5.57. The van der Waals surface area contributed by atoms with E-state index in [1.807, 2.05) is 18.2 Å². The van der Waals surface area contributed by atoms with E-state index in [1.54, 1.807) is 7.11 Å². The van der Waals surface area contributed by atoms with Crippen LogP contribution in [-0.4, -0.2) is 20.3 Å². The number of hydrogen-bond donors (Lipinski definition) is 0. The Bertz CT molecular complexity index is 291. The Morgan fingerprint density at radius 3 is 2.79 bits per heavy atom. The highest BCUT2D eigenvalue weighted by Gasteiger charge is 2.01. The van der Waals surface area contributed by atoms with Crippen molar-refractivity contribution in [2.24, 2.45) is 0 Å². The summed E-state index contributed by atoms with van der Waals surface area (Å²) in [5.41, 5.74) is 1.04. The van der Waals surface area contributed by atoms with Crippen molar-refractivity contribution in [2.45, 2.75) is 5.88 Å². The average Bonchev–Trinajstić information content (AvgIpc) is 2.21. The van der Waals surface area contributed by atoms with E-state index in [1.165, 1.54) is 0 Å². The predicted octanol–water partition coefficient (Wildman–Crippen LogP) is 3.21. The number of ether oxygens (including phenoxy) is 2. The van der Waals surface area contributed by atoms with Crippen molar-refractivity contribution in [3.8, 4) is 5.75 Å². The molecule has 0 radical (unpaired) electrons. The molecule has 0 saturated carbocycles. The summed E-state index contributed by atoms with van der Waals surface area (Å²) in [7, 11) is 1.65. The van der Waals surface area contributed by atoms with E-state index < -0.39 is 0 Å². The molecule has 14 heavy (non-hydrogen) atoms. The summed E-state index contributed by atoms with van der Waals surface area (Å²) in [5, 5.41) is 0. The molecular weight excluding hydrogens is 267 g/mol. The van der Waals surface area contributed by atoms with Crippen LogP contribution < -0.4 is 4.74 Å². The monoisotopic (exact) mass is 278 g/mol. The number of benzene rings is 1. The van der Waals surface area contributed by atoms with Crippen LogP contribution in [-0.2, 0) is 10.6 Å². The topological polar surface area (TPSA) is 18.5 Å². The normalized spacial score (nSPS) is 10.2. The van der Waals surface area contributed by atoms with E-state index in [0.717, 1.165) is 15.8 Å². The summed E-state index contributed by atoms with van der Waals surface area (Å²) >= 11 is 9.12. The number of hydrogen-bond acceptors (Lipinski definition) is 2. The van der Waals surface area contributed by atoms with Crippen molar-refractivity contribution in [1.29, 1.82) is 0 Å². The van der Waals surface area contributed by atoms with Gasteiger partial charge < -0.3 is 9.47 Å². The van der Waals surface area contributed by atoms with Gasteiger partial charge in [-0.3, -0.25) is 0 Å². The second-order valence-electron chi connectivity index (χ2n) is 2.74. The Labute approximate surface area is 97.3 Å². The van der Waals surface area contributed by atoms with Gasteiger partial charge in [0.1, 0.15) is 12.4 Å². The van der Waals surface area contributed by atoms with Gasteiger partial charge in [0.05, 0.1) is 11.1 Å². The summed E-state index contributed by atoms with van der Waals surface area (Å²) in [6.07, 6.45) is 0. The molecule has 2 nitrogen and oxygen atoms in total. The van der Waals surface area contributed by atoms with Crippen molar-refractivity contribution >= 4 is 27.5 Å². The molecule has 0 heterocycles. The number of alkyl halides is 1. The molecule has 0 unspecified atom stereocenters. The Morgan fingerprint density at radius 2 is 2.14 bits per heavy atom. The van der Waals surface area contributed by atoms with Crippen LogP contribution in [0.4, 0.5) is 0 Å². The number of halogens is 2. The second-order valence-corrected chi connectivity index (χ2v) is 3.86. The average molecular weight is 280 g/mol. The third-order valence-electron chi connectivity index (χ3n) is 1.69. The van der Waals surface area contributed by atoms with Gasteiger partial charge in [0.25, 0.3) is 0 Å². The fourth-order valence-electron chi connectivity index (χ4n) is 0.976. The minimum Gasteiger partial charge on any atom is -0.490 e. The largest absolute Gasteiger partial charge is 0.490 e. The molecule has 4 heteroatoms. The number of methoxy groups -OCH3 is 1. The fourth-order valence-corrected chi connectivity index (χ4v) is 1.50. The minimum absolute atomic E-state index is 0.494. The lowest BCUT2D eigenvalue weighted by Gasteiger charge is -2.08. The van der Waals surface area contributed by atoms with E-state index in [2.05, 4.69) is 15.9 Å². The highest BCUT2D eigenvalue weighted by Crippen LogP contribution is 2.26. The first-order chi connectivity index (χ1) is 6.77. The molecule has 0 amide bonds. The van der Waals surface area contributed by atoms with E-state index in [9.17, 15) is 0 Å².